The average molecular weight is 552 g/mol. The summed E-state index contributed by atoms with van der Waals surface area (Å²) in [7, 11) is -2.62. The number of carbonyl (C=O) groups is 2. The number of aryl methyl sites for hydroxylation is 1. The minimum absolute atomic E-state index is 0.0211. The van der Waals surface area contributed by atoms with Crippen molar-refractivity contribution in [1.82, 2.24) is 10.2 Å². The van der Waals surface area contributed by atoms with Crippen molar-refractivity contribution in [3.05, 3.63) is 90.0 Å². The van der Waals surface area contributed by atoms with Gasteiger partial charge in [-0.15, -0.1) is 0 Å². The Balaban J connectivity index is 1.98. The SMILES string of the molecule is COc1ccc(S(=O)(=O)N(CC(=O)N(Cc2ccc(C)cc2)[C@H](C)C(=O)NCC(C)C)c2ccccc2)cc1. The number of rotatable bonds is 12. The maximum absolute atomic E-state index is 13.9. The summed E-state index contributed by atoms with van der Waals surface area (Å²) in [4.78, 5) is 28.4. The first-order chi connectivity index (χ1) is 18.5. The molecule has 3 aromatic carbocycles. The molecule has 9 heteroatoms. The fourth-order valence-corrected chi connectivity index (χ4v) is 5.34. The maximum atomic E-state index is 13.9. The molecule has 8 nitrogen and oxygen atoms in total. The van der Waals surface area contributed by atoms with Crippen LogP contribution in [0.1, 0.15) is 31.9 Å². The highest BCUT2D eigenvalue weighted by molar-refractivity contribution is 7.92. The zero-order valence-electron chi connectivity index (χ0n) is 23.1. The fourth-order valence-electron chi connectivity index (χ4n) is 3.92. The third-order valence-corrected chi connectivity index (χ3v) is 8.08. The zero-order chi connectivity index (χ0) is 28.6. The van der Waals surface area contributed by atoms with Crippen LogP contribution in [0.2, 0.25) is 0 Å². The van der Waals surface area contributed by atoms with Gasteiger partial charge in [0.2, 0.25) is 11.8 Å². The van der Waals surface area contributed by atoms with Gasteiger partial charge in [0.25, 0.3) is 10.0 Å². The van der Waals surface area contributed by atoms with Crippen LogP contribution in [-0.4, -0.2) is 51.4 Å². The van der Waals surface area contributed by atoms with E-state index in [4.69, 9.17) is 4.74 Å². The standard InChI is InChI=1S/C30H37N3O5S/c1-22(2)19-31-30(35)24(4)32(20-25-13-11-23(3)12-14-25)29(34)21-33(26-9-7-6-8-10-26)39(36,37)28-17-15-27(38-5)16-18-28/h6-18,22,24H,19-21H2,1-5H3,(H,31,35)/t24-/m1/s1. The molecular weight excluding hydrogens is 514 g/mol. The summed E-state index contributed by atoms with van der Waals surface area (Å²) in [6.07, 6.45) is 0. The van der Waals surface area contributed by atoms with Crippen LogP contribution in [0, 0.1) is 12.8 Å². The molecule has 0 heterocycles. The van der Waals surface area contributed by atoms with Gasteiger partial charge in [-0.2, -0.15) is 0 Å². The van der Waals surface area contributed by atoms with Crippen LogP contribution in [-0.2, 0) is 26.2 Å². The molecule has 208 valence electrons. The number of hydrogen-bond acceptors (Lipinski definition) is 5. The summed E-state index contributed by atoms with van der Waals surface area (Å²) in [5, 5.41) is 2.89. The minimum Gasteiger partial charge on any atom is -0.497 e. The second kappa shape index (κ2) is 13.3. The van der Waals surface area contributed by atoms with Gasteiger partial charge < -0.3 is 15.0 Å². The van der Waals surface area contributed by atoms with Gasteiger partial charge in [0.1, 0.15) is 18.3 Å². The maximum Gasteiger partial charge on any atom is 0.264 e. The van der Waals surface area contributed by atoms with Crippen molar-refractivity contribution < 1.29 is 22.7 Å². The van der Waals surface area contributed by atoms with E-state index < -0.39 is 28.5 Å². The molecule has 1 N–H and O–H groups in total. The summed E-state index contributed by atoms with van der Waals surface area (Å²) < 4.78 is 33.8. The number of carbonyl (C=O) groups excluding carboxylic acids is 2. The van der Waals surface area contributed by atoms with E-state index in [0.29, 0.717) is 18.0 Å². The van der Waals surface area contributed by atoms with E-state index in [1.807, 2.05) is 45.0 Å². The van der Waals surface area contributed by atoms with Crippen molar-refractivity contribution in [2.75, 3.05) is 24.5 Å². The molecule has 0 fully saturated rings. The number of hydrogen-bond donors (Lipinski definition) is 1. The number of nitrogens with one attached hydrogen (secondary N) is 1. The lowest BCUT2D eigenvalue weighted by atomic mass is 10.1. The number of amides is 2. The first-order valence-electron chi connectivity index (χ1n) is 12.9. The molecule has 0 saturated carbocycles. The van der Waals surface area contributed by atoms with Gasteiger partial charge in [0.05, 0.1) is 17.7 Å². The lowest BCUT2D eigenvalue weighted by Gasteiger charge is -2.32. The van der Waals surface area contributed by atoms with Crippen LogP contribution in [0.4, 0.5) is 5.69 Å². The van der Waals surface area contributed by atoms with Crippen LogP contribution < -0.4 is 14.4 Å². The topological polar surface area (TPSA) is 96.0 Å². The van der Waals surface area contributed by atoms with Crippen molar-refractivity contribution in [2.45, 2.75) is 45.2 Å². The van der Waals surface area contributed by atoms with Gasteiger partial charge in [-0.05, 0) is 61.7 Å². The smallest absolute Gasteiger partial charge is 0.264 e. The van der Waals surface area contributed by atoms with E-state index in [9.17, 15) is 18.0 Å². The minimum atomic E-state index is -4.12. The number of sulfonamides is 1. The molecule has 0 bridgehead atoms. The Labute approximate surface area is 231 Å². The normalized spacial score (nSPS) is 12.1. The van der Waals surface area contributed by atoms with E-state index in [2.05, 4.69) is 5.32 Å². The van der Waals surface area contributed by atoms with Gasteiger partial charge in [0, 0.05) is 13.1 Å². The van der Waals surface area contributed by atoms with Crippen LogP contribution in [0.15, 0.2) is 83.8 Å². The van der Waals surface area contributed by atoms with Crippen molar-refractivity contribution in [2.24, 2.45) is 5.92 Å². The predicted octanol–water partition coefficient (Wildman–Crippen LogP) is 4.39. The molecule has 1 atom stereocenters. The monoisotopic (exact) mass is 551 g/mol. The Morgan fingerprint density at radius 1 is 0.897 bits per heavy atom. The van der Waals surface area contributed by atoms with Gasteiger partial charge in [-0.3, -0.25) is 13.9 Å². The summed E-state index contributed by atoms with van der Waals surface area (Å²) in [6, 6.07) is 21.3. The molecule has 0 saturated heterocycles. The molecule has 0 aromatic heterocycles. The molecule has 0 aliphatic rings. The number of anilines is 1. The Bertz CT molecular complexity index is 1340. The Morgan fingerprint density at radius 3 is 2.08 bits per heavy atom. The summed E-state index contributed by atoms with van der Waals surface area (Å²) >= 11 is 0. The third kappa shape index (κ3) is 7.83. The van der Waals surface area contributed by atoms with Gasteiger partial charge in [-0.1, -0.05) is 61.9 Å². The van der Waals surface area contributed by atoms with E-state index in [0.717, 1.165) is 15.4 Å². The summed E-state index contributed by atoms with van der Waals surface area (Å²) in [5.41, 5.74) is 2.25. The number of methoxy groups -OCH3 is 1. The van der Waals surface area contributed by atoms with Crippen molar-refractivity contribution in [3.8, 4) is 5.75 Å². The zero-order valence-corrected chi connectivity index (χ0v) is 23.9. The second-order valence-electron chi connectivity index (χ2n) is 9.84. The molecule has 3 aromatic rings. The second-order valence-corrected chi connectivity index (χ2v) is 11.7. The van der Waals surface area contributed by atoms with Crippen LogP contribution in [0.25, 0.3) is 0 Å². The number of nitrogens with zero attached hydrogens (tertiary/aromatic N) is 2. The van der Waals surface area contributed by atoms with E-state index in [1.54, 1.807) is 49.4 Å². The first kappa shape index (κ1) is 29.7. The predicted molar refractivity (Wildman–Crippen MR) is 153 cm³/mol. The summed E-state index contributed by atoms with van der Waals surface area (Å²) in [6.45, 7) is 7.75. The Hall–Kier alpha value is -3.85. The number of ether oxygens (including phenoxy) is 1. The highest BCUT2D eigenvalue weighted by Gasteiger charge is 2.32. The molecule has 0 aliphatic carbocycles. The van der Waals surface area contributed by atoms with Crippen LogP contribution >= 0.6 is 0 Å². The highest BCUT2D eigenvalue weighted by atomic mass is 32.2. The third-order valence-electron chi connectivity index (χ3n) is 6.30. The van der Waals surface area contributed by atoms with Gasteiger partial charge in [0.15, 0.2) is 0 Å². The van der Waals surface area contributed by atoms with Gasteiger partial charge in [-0.25, -0.2) is 8.42 Å². The first-order valence-corrected chi connectivity index (χ1v) is 14.3. The summed E-state index contributed by atoms with van der Waals surface area (Å²) in [5.74, 6) is -0.0375. The largest absolute Gasteiger partial charge is 0.497 e. The van der Waals surface area contributed by atoms with Crippen molar-refractivity contribution >= 4 is 27.5 Å². The molecule has 2 amide bonds. The molecule has 0 aliphatic heterocycles. The fraction of sp³-hybridized carbons (Fsp3) is 0.333. The van der Waals surface area contributed by atoms with E-state index in [-0.39, 0.29) is 23.3 Å². The Morgan fingerprint density at radius 2 is 1.51 bits per heavy atom. The molecule has 0 radical (unpaired) electrons. The average Bonchev–Trinajstić information content (AvgIpc) is 2.94. The lowest BCUT2D eigenvalue weighted by Crippen LogP contribution is -2.51. The van der Waals surface area contributed by atoms with Crippen molar-refractivity contribution in [3.63, 3.8) is 0 Å². The molecule has 3 rings (SSSR count). The quantitative estimate of drug-likeness (QED) is 0.360. The molecular formula is C30H37N3O5S. The lowest BCUT2D eigenvalue weighted by molar-refractivity contribution is -0.139. The molecule has 0 spiro atoms. The van der Waals surface area contributed by atoms with Crippen molar-refractivity contribution in [1.29, 1.82) is 0 Å². The number of para-hydroxylation sites is 1. The highest BCUT2D eigenvalue weighted by Crippen LogP contribution is 2.25. The van der Waals surface area contributed by atoms with E-state index >= 15 is 0 Å². The van der Waals surface area contributed by atoms with Crippen LogP contribution in [0.5, 0.6) is 5.75 Å². The number of benzene rings is 3. The Kier molecular flexibility index (Phi) is 10.1. The van der Waals surface area contributed by atoms with Gasteiger partial charge >= 0.3 is 0 Å². The molecule has 0 unspecified atom stereocenters. The van der Waals surface area contributed by atoms with Crippen LogP contribution in [0.3, 0.4) is 0 Å². The molecule has 39 heavy (non-hydrogen) atoms. The van der Waals surface area contributed by atoms with E-state index in [1.165, 1.54) is 24.1 Å².